The lowest BCUT2D eigenvalue weighted by molar-refractivity contribution is -0.870. The minimum Gasteiger partial charge on any atom is -0.756 e. The highest BCUT2D eigenvalue weighted by molar-refractivity contribution is 7.45. The molecule has 0 aliphatic carbocycles. The number of likely N-dealkylation sites (N-methyl/N-ethyl adjacent to an activating group) is 1. The maximum absolute atomic E-state index is 13.5. The lowest BCUT2D eigenvalue weighted by atomic mass is 10.0. The molecule has 0 heterocycles. The van der Waals surface area contributed by atoms with Gasteiger partial charge in [0.15, 0.2) is 0 Å². The van der Waals surface area contributed by atoms with Crippen LogP contribution in [0.5, 0.6) is 0 Å². The number of rotatable bonds is 55. The number of unbranched alkanes of at least 4 members (excludes halogenated alkanes) is 24. The van der Waals surface area contributed by atoms with Gasteiger partial charge in [-0.15, -0.1) is 0 Å². The molecule has 0 bridgehead atoms. The standard InChI is InChI=1S/C69H117N2O7P/c1-7-10-13-16-19-22-25-28-30-32-33-34-35-36-37-39-41-44-47-50-53-56-59-62-69(73)78-67(60-57-54-51-48-45-42-27-24-21-18-15-12-9-3)66(65-77-79(74,75)76-64-63-71(4,5)6)70-68(72)61-58-55-52-49-46-43-40-38-31-29-26-23-20-17-14-11-8-2/h11,14,17,19-20,22-23,26,28-31,33-34,36-38,40,43,46,57,60,66-67H,7-10,12-13,15-16,18,21,24-25,27,32,35,39,41-42,44-45,47-56,58-59,61-65H2,1-6H3,(H-,70,72,74,75)/b14-11-,20-17+,22-19-,26-23+,30-28-,31-29-,34-33-,37-36-,40-38+,46-43+,60-57-. The van der Waals surface area contributed by atoms with Crippen LogP contribution in [0.15, 0.2) is 134 Å². The van der Waals surface area contributed by atoms with Gasteiger partial charge in [0.2, 0.25) is 5.91 Å². The Morgan fingerprint density at radius 1 is 0.468 bits per heavy atom. The third-order valence-electron chi connectivity index (χ3n) is 13.2. The largest absolute Gasteiger partial charge is 0.756 e. The zero-order chi connectivity index (χ0) is 57.9. The Morgan fingerprint density at radius 3 is 1.37 bits per heavy atom. The third-order valence-corrected chi connectivity index (χ3v) is 14.2. The second kappa shape index (κ2) is 57.4. The van der Waals surface area contributed by atoms with E-state index in [1.807, 2.05) is 94.1 Å². The van der Waals surface area contributed by atoms with Gasteiger partial charge < -0.3 is 28.5 Å². The zero-order valence-corrected chi connectivity index (χ0v) is 52.2. The van der Waals surface area contributed by atoms with Crippen LogP contribution in [0.25, 0.3) is 0 Å². The van der Waals surface area contributed by atoms with Crippen molar-refractivity contribution in [3.63, 3.8) is 0 Å². The Bertz CT molecular complexity index is 1810. The summed E-state index contributed by atoms with van der Waals surface area (Å²) in [4.78, 5) is 40.0. The Balaban J connectivity index is 5.36. The van der Waals surface area contributed by atoms with E-state index in [4.69, 9.17) is 13.8 Å². The van der Waals surface area contributed by atoms with Gasteiger partial charge in [-0.1, -0.05) is 264 Å². The molecule has 1 amide bonds. The van der Waals surface area contributed by atoms with E-state index in [0.29, 0.717) is 23.9 Å². The number of nitrogens with one attached hydrogen (secondary N) is 1. The molecule has 0 aliphatic heterocycles. The van der Waals surface area contributed by atoms with E-state index < -0.39 is 26.6 Å². The molecule has 0 aromatic rings. The van der Waals surface area contributed by atoms with Crippen molar-refractivity contribution in [1.29, 1.82) is 0 Å². The van der Waals surface area contributed by atoms with Crippen molar-refractivity contribution in [2.75, 3.05) is 40.9 Å². The van der Waals surface area contributed by atoms with Crippen LogP contribution in [0.4, 0.5) is 0 Å². The number of phosphoric ester groups is 1. The van der Waals surface area contributed by atoms with Crippen molar-refractivity contribution in [3.05, 3.63) is 134 Å². The SMILES string of the molecule is CC\C=C/C=C/C=C/C=C\C=C\C=C\CCCCCC(=O)NC(COP(=O)([O-])OCC[N+](C)(C)C)C(/C=C\CCCCCCCCCCCCC)OC(=O)CCCCCCCCC/C=C\C/C=C\C/C=C\C/C=C\CCCCC. The topological polar surface area (TPSA) is 114 Å². The molecule has 0 fully saturated rings. The molecule has 0 aromatic heterocycles. The number of nitrogens with zero attached hydrogens (tertiary/aromatic N) is 1. The lowest BCUT2D eigenvalue weighted by Crippen LogP contribution is -2.47. The number of carbonyl (C=O) groups excluding carboxylic acids is 2. The number of hydrogen-bond acceptors (Lipinski definition) is 7. The van der Waals surface area contributed by atoms with Gasteiger partial charge in [-0.2, -0.15) is 0 Å². The maximum Gasteiger partial charge on any atom is 0.306 e. The Kier molecular flexibility index (Phi) is 54.6. The van der Waals surface area contributed by atoms with Crippen molar-refractivity contribution in [2.45, 2.75) is 251 Å². The fraction of sp³-hybridized carbons (Fsp3) is 0.652. The summed E-state index contributed by atoms with van der Waals surface area (Å²) in [5, 5.41) is 3.00. The summed E-state index contributed by atoms with van der Waals surface area (Å²) in [5.74, 6) is -0.613. The van der Waals surface area contributed by atoms with E-state index in [-0.39, 0.29) is 31.3 Å². The van der Waals surface area contributed by atoms with E-state index in [1.165, 1.54) is 103 Å². The van der Waals surface area contributed by atoms with Gasteiger partial charge >= 0.3 is 5.97 Å². The van der Waals surface area contributed by atoms with E-state index in [1.54, 1.807) is 0 Å². The fourth-order valence-electron chi connectivity index (χ4n) is 8.36. The Hall–Kier alpha value is -3.85. The van der Waals surface area contributed by atoms with Gasteiger partial charge in [-0.05, 0) is 96.0 Å². The van der Waals surface area contributed by atoms with Crippen LogP contribution in [0.3, 0.4) is 0 Å². The number of carbonyl (C=O) groups is 2. The lowest BCUT2D eigenvalue weighted by Gasteiger charge is -2.30. The molecule has 0 saturated carbocycles. The predicted molar refractivity (Wildman–Crippen MR) is 339 cm³/mol. The van der Waals surface area contributed by atoms with E-state index in [2.05, 4.69) is 86.8 Å². The summed E-state index contributed by atoms with van der Waals surface area (Å²) in [7, 11) is 1.13. The van der Waals surface area contributed by atoms with Crippen LogP contribution in [-0.2, 0) is 27.9 Å². The second-order valence-corrected chi connectivity index (χ2v) is 23.4. The van der Waals surface area contributed by atoms with Gasteiger partial charge in [0.1, 0.15) is 19.3 Å². The molecule has 1 N–H and O–H groups in total. The molecule has 0 aromatic carbocycles. The molecule has 79 heavy (non-hydrogen) atoms. The van der Waals surface area contributed by atoms with Crippen LogP contribution in [-0.4, -0.2) is 69.4 Å². The summed E-state index contributed by atoms with van der Waals surface area (Å²) >= 11 is 0. The monoisotopic (exact) mass is 1120 g/mol. The highest BCUT2D eigenvalue weighted by atomic mass is 31.2. The van der Waals surface area contributed by atoms with Crippen molar-refractivity contribution < 1.29 is 37.3 Å². The van der Waals surface area contributed by atoms with Crippen LogP contribution in [0.1, 0.15) is 239 Å². The van der Waals surface area contributed by atoms with Crippen molar-refractivity contribution in [3.8, 4) is 0 Å². The normalized spacial score (nSPS) is 14.6. The first-order valence-corrected chi connectivity index (χ1v) is 33.0. The van der Waals surface area contributed by atoms with Crippen molar-refractivity contribution in [2.24, 2.45) is 0 Å². The van der Waals surface area contributed by atoms with E-state index in [0.717, 1.165) is 89.9 Å². The highest BCUT2D eigenvalue weighted by Crippen LogP contribution is 2.38. The summed E-state index contributed by atoms with van der Waals surface area (Å²) < 4.78 is 30.3. The van der Waals surface area contributed by atoms with Gasteiger partial charge in [0, 0.05) is 12.8 Å². The number of phosphoric acid groups is 1. The third kappa shape index (κ3) is 58.6. The average molecular weight is 1120 g/mol. The summed E-state index contributed by atoms with van der Waals surface area (Å²) in [6, 6.07) is -0.927. The molecule has 0 saturated heterocycles. The molecule has 9 nitrogen and oxygen atoms in total. The minimum atomic E-state index is -4.73. The van der Waals surface area contributed by atoms with Gasteiger partial charge in [0.05, 0.1) is 33.8 Å². The number of esters is 1. The van der Waals surface area contributed by atoms with Gasteiger partial charge in [-0.25, -0.2) is 0 Å². The van der Waals surface area contributed by atoms with Crippen LogP contribution in [0, 0.1) is 0 Å². The fourth-order valence-corrected chi connectivity index (χ4v) is 9.08. The number of amides is 1. The Morgan fingerprint density at radius 2 is 0.861 bits per heavy atom. The minimum absolute atomic E-state index is 0.0412. The highest BCUT2D eigenvalue weighted by Gasteiger charge is 2.27. The molecule has 3 atom stereocenters. The van der Waals surface area contributed by atoms with E-state index >= 15 is 0 Å². The predicted octanol–water partition coefficient (Wildman–Crippen LogP) is 19.0. The molecule has 0 aliphatic rings. The molecule has 0 rings (SSSR count). The van der Waals surface area contributed by atoms with Crippen LogP contribution < -0.4 is 10.2 Å². The number of allylic oxidation sites excluding steroid dienone is 21. The summed E-state index contributed by atoms with van der Waals surface area (Å²) in [6.07, 6.45) is 81.3. The Labute approximate surface area is 485 Å². The molecular formula is C69H117N2O7P. The summed E-state index contributed by atoms with van der Waals surface area (Å²) in [6.45, 7) is 6.61. The van der Waals surface area contributed by atoms with Crippen molar-refractivity contribution >= 4 is 19.7 Å². The quantitative estimate of drug-likeness (QED) is 0.0161. The van der Waals surface area contributed by atoms with Gasteiger partial charge in [-0.3, -0.25) is 14.2 Å². The molecular weight excluding hydrogens is 1000 g/mol. The number of quaternary nitrogens is 1. The van der Waals surface area contributed by atoms with Crippen LogP contribution in [0.2, 0.25) is 0 Å². The zero-order valence-electron chi connectivity index (χ0n) is 51.3. The first kappa shape index (κ1) is 75.2. The average Bonchev–Trinajstić information content (AvgIpc) is 3.41. The van der Waals surface area contributed by atoms with Gasteiger partial charge in [0.25, 0.3) is 7.82 Å². The number of hydrogen-bond donors (Lipinski definition) is 1. The molecule has 450 valence electrons. The maximum atomic E-state index is 13.5. The smallest absolute Gasteiger partial charge is 0.306 e. The molecule has 0 spiro atoms. The molecule has 3 unspecified atom stereocenters. The van der Waals surface area contributed by atoms with E-state index in [9.17, 15) is 19.0 Å². The van der Waals surface area contributed by atoms with Crippen LogP contribution >= 0.6 is 7.82 Å². The van der Waals surface area contributed by atoms with Crippen molar-refractivity contribution in [1.82, 2.24) is 5.32 Å². The second-order valence-electron chi connectivity index (χ2n) is 22.0. The first-order chi connectivity index (χ1) is 38.4. The first-order valence-electron chi connectivity index (χ1n) is 31.6. The summed E-state index contributed by atoms with van der Waals surface area (Å²) in [5.41, 5.74) is 0. The molecule has 0 radical (unpaired) electrons. The number of ether oxygens (including phenoxy) is 1. The molecule has 10 heteroatoms.